The predicted octanol–water partition coefficient (Wildman–Crippen LogP) is 0.280. The van der Waals surface area contributed by atoms with Gasteiger partial charge in [0.25, 0.3) is 0 Å². The first-order valence-corrected chi connectivity index (χ1v) is 5.73. The van der Waals surface area contributed by atoms with Gasteiger partial charge in [-0.3, -0.25) is 4.79 Å². The van der Waals surface area contributed by atoms with Crippen molar-refractivity contribution in [2.24, 2.45) is 5.92 Å². The summed E-state index contributed by atoms with van der Waals surface area (Å²) < 4.78 is 5.49. The summed E-state index contributed by atoms with van der Waals surface area (Å²) in [5, 5.41) is 6.29. The molecule has 2 atom stereocenters. The van der Waals surface area contributed by atoms with Gasteiger partial charge < -0.3 is 15.4 Å². The Balaban J connectivity index is 1.81. The third kappa shape index (κ3) is 2.32. The lowest BCUT2D eigenvalue weighted by molar-refractivity contribution is -0.124. The van der Waals surface area contributed by atoms with E-state index >= 15 is 0 Å². The van der Waals surface area contributed by atoms with E-state index in [2.05, 4.69) is 17.6 Å². The minimum absolute atomic E-state index is 0.126. The molecule has 0 aliphatic carbocycles. The molecule has 4 nitrogen and oxygen atoms in total. The smallest absolute Gasteiger partial charge is 0.220 e. The lowest BCUT2D eigenvalue weighted by Crippen LogP contribution is -2.52. The number of carbonyl (C=O) groups excluding carboxylic acids is 1. The van der Waals surface area contributed by atoms with E-state index in [0.717, 1.165) is 26.1 Å². The van der Waals surface area contributed by atoms with Crippen molar-refractivity contribution in [2.75, 3.05) is 19.7 Å². The molecule has 2 aliphatic heterocycles. The Morgan fingerprint density at radius 1 is 1.60 bits per heavy atom. The third-order valence-electron chi connectivity index (χ3n) is 3.65. The Labute approximate surface area is 90.8 Å². The molecular weight excluding hydrogens is 192 g/mol. The quantitative estimate of drug-likeness (QED) is 0.706. The van der Waals surface area contributed by atoms with Crippen LogP contribution in [-0.4, -0.2) is 37.2 Å². The van der Waals surface area contributed by atoms with Crippen molar-refractivity contribution in [1.82, 2.24) is 10.6 Å². The Kier molecular flexibility index (Phi) is 2.98. The van der Waals surface area contributed by atoms with E-state index < -0.39 is 0 Å². The van der Waals surface area contributed by atoms with Crippen LogP contribution in [0.1, 0.15) is 26.7 Å². The van der Waals surface area contributed by atoms with Gasteiger partial charge in [0, 0.05) is 13.0 Å². The van der Waals surface area contributed by atoms with Gasteiger partial charge in [0.15, 0.2) is 0 Å². The van der Waals surface area contributed by atoms with Gasteiger partial charge in [0.2, 0.25) is 5.91 Å². The molecule has 0 radical (unpaired) electrons. The minimum Gasteiger partial charge on any atom is -0.376 e. The maximum Gasteiger partial charge on any atom is 0.220 e. The number of hydrogen-bond donors (Lipinski definition) is 2. The summed E-state index contributed by atoms with van der Waals surface area (Å²) in [6.07, 6.45) is 1.69. The van der Waals surface area contributed by atoms with E-state index in [1.807, 2.05) is 6.92 Å². The maximum atomic E-state index is 11.8. The highest BCUT2D eigenvalue weighted by atomic mass is 16.5. The van der Waals surface area contributed by atoms with Crippen molar-refractivity contribution >= 4 is 5.91 Å². The van der Waals surface area contributed by atoms with Crippen LogP contribution in [0.2, 0.25) is 0 Å². The number of carbonyl (C=O) groups is 1. The van der Waals surface area contributed by atoms with Crippen molar-refractivity contribution in [3.63, 3.8) is 0 Å². The first kappa shape index (κ1) is 10.9. The van der Waals surface area contributed by atoms with Crippen molar-refractivity contribution in [2.45, 2.75) is 38.3 Å². The number of ether oxygens (including phenoxy) is 1. The summed E-state index contributed by atoms with van der Waals surface area (Å²) in [6, 6.07) is 0. The lowest BCUT2D eigenvalue weighted by atomic mass is 9.93. The SMILES string of the molecule is CC1OCCC1(C)NC(=O)CC1CNC1. The van der Waals surface area contributed by atoms with Crippen LogP contribution in [0, 0.1) is 5.92 Å². The van der Waals surface area contributed by atoms with E-state index in [-0.39, 0.29) is 17.6 Å². The topological polar surface area (TPSA) is 50.4 Å². The van der Waals surface area contributed by atoms with E-state index in [1.165, 1.54) is 0 Å². The van der Waals surface area contributed by atoms with Gasteiger partial charge in [-0.25, -0.2) is 0 Å². The summed E-state index contributed by atoms with van der Waals surface area (Å²) >= 11 is 0. The van der Waals surface area contributed by atoms with E-state index in [0.29, 0.717) is 12.3 Å². The van der Waals surface area contributed by atoms with Crippen molar-refractivity contribution < 1.29 is 9.53 Å². The van der Waals surface area contributed by atoms with Crippen LogP contribution in [0.4, 0.5) is 0 Å². The molecule has 2 rings (SSSR count). The molecular formula is C11H20N2O2. The van der Waals surface area contributed by atoms with E-state index in [4.69, 9.17) is 4.74 Å². The van der Waals surface area contributed by atoms with Crippen LogP contribution in [-0.2, 0) is 9.53 Å². The summed E-state index contributed by atoms with van der Waals surface area (Å²) in [6.45, 7) is 6.81. The molecule has 2 unspecified atom stereocenters. The van der Waals surface area contributed by atoms with Crippen LogP contribution in [0.15, 0.2) is 0 Å². The average Bonchev–Trinajstić information content (AvgIpc) is 2.40. The largest absolute Gasteiger partial charge is 0.376 e. The van der Waals surface area contributed by atoms with Crippen LogP contribution in [0.25, 0.3) is 0 Å². The molecule has 1 amide bonds. The summed E-state index contributed by atoms with van der Waals surface area (Å²) in [7, 11) is 0. The molecule has 0 spiro atoms. The molecule has 2 heterocycles. The molecule has 2 saturated heterocycles. The molecule has 0 saturated carbocycles. The van der Waals surface area contributed by atoms with Crippen LogP contribution in [0.3, 0.4) is 0 Å². The summed E-state index contributed by atoms with van der Waals surface area (Å²) in [5.74, 6) is 0.701. The second-order valence-electron chi connectivity index (χ2n) is 4.96. The Morgan fingerprint density at radius 3 is 2.80 bits per heavy atom. The monoisotopic (exact) mass is 212 g/mol. The van der Waals surface area contributed by atoms with Crippen LogP contribution < -0.4 is 10.6 Å². The number of nitrogens with one attached hydrogen (secondary N) is 2. The molecule has 2 fully saturated rings. The molecule has 2 aliphatic rings. The van der Waals surface area contributed by atoms with Crippen molar-refractivity contribution in [3.8, 4) is 0 Å². The molecule has 2 N–H and O–H groups in total. The zero-order valence-corrected chi connectivity index (χ0v) is 9.51. The molecule has 4 heteroatoms. The van der Waals surface area contributed by atoms with E-state index in [9.17, 15) is 4.79 Å². The second-order valence-corrected chi connectivity index (χ2v) is 4.96. The summed E-state index contributed by atoms with van der Waals surface area (Å²) in [5.41, 5.74) is -0.158. The van der Waals surface area contributed by atoms with Crippen molar-refractivity contribution in [3.05, 3.63) is 0 Å². The zero-order valence-electron chi connectivity index (χ0n) is 9.51. The minimum atomic E-state index is -0.158. The second kappa shape index (κ2) is 4.10. The number of rotatable bonds is 3. The number of amides is 1. The lowest BCUT2D eigenvalue weighted by Gasteiger charge is -2.31. The van der Waals surface area contributed by atoms with Crippen LogP contribution >= 0.6 is 0 Å². The molecule has 0 bridgehead atoms. The van der Waals surface area contributed by atoms with Gasteiger partial charge in [0.1, 0.15) is 0 Å². The molecule has 0 aromatic carbocycles. The van der Waals surface area contributed by atoms with E-state index in [1.54, 1.807) is 0 Å². The predicted molar refractivity (Wildman–Crippen MR) is 57.6 cm³/mol. The number of hydrogen-bond acceptors (Lipinski definition) is 3. The average molecular weight is 212 g/mol. The van der Waals surface area contributed by atoms with Gasteiger partial charge in [-0.05, 0) is 39.3 Å². The molecule has 86 valence electrons. The van der Waals surface area contributed by atoms with Gasteiger partial charge in [0.05, 0.1) is 11.6 Å². The highest BCUT2D eigenvalue weighted by Crippen LogP contribution is 2.25. The molecule has 0 aromatic heterocycles. The highest BCUT2D eigenvalue weighted by molar-refractivity contribution is 5.77. The first-order valence-electron chi connectivity index (χ1n) is 5.73. The fourth-order valence-electron chi connectivity index (χ4n) is 2.12. The standard InChI is InChI=1S/C11H20N2O2/c1-8-11(2,3-4-15-8)13-10(14)5-9-6-12-7-9/h8-9,12H,3-7H2,1-2H3,(H,13,14). The first-order chi connectivity index (χ1) is 7.10. The normalized spacial score (nSPS) is 36.3. The van der Waals surface area contributed by atoms with Crippen LogP contribution in [0.5, 0.6) is 0 Å². The maximum absolute atomic E-state index is 11.8. The highest BCUT2D eigenvalue weighted by Gasteiger charge is 2.38. The Morgan fingerprint density at radius 2 is 2.33 bits per heavy atom. The Bertz CT molecular complexity index is 253. The third-order valence-corrected chi connectivity index (χ3v) is 3.65. The van der Waals surface area contributed by atoms with Gasteiger partial charge >= 0.3 is 0 Å². The molecule has 15 heavy (non-hydrogen) atoms. The van der Waals surface area contributed by atoms with Gasteiger partial charge in [-0.15, -0.1) is 0 Å². The van der Waals surface area contributed by atoms with Gasteiger partial charge in [-0.2, -0.15) is 0 Å². The zero-order chi connectivity index (χ0) is 10.9. The fraction of sp³-hybridized carbons (Fsp3) is 0.909. The Hall–Kier alpha value is -0.610. The van der Waals surface area contributed by atoms with Gasteiger partial charge in [-0.1, -0.05) is 0 Å². The summed E-state index contributed by atoms with van der Waals surface area (Å²) in [4.78, 5) is 11.8. The molecule has 0 aromatic rings. The fourth-order valence-corrected chi connectivity index (χ4v) is 2.12. The van der Waals surface area contributed by atoms with Crippen molar-refractivity contribution in [1.29, 1.82) is 0 Å².